The molecule has 0 fully saturated rings. The van der Waals surface area contributed by atoms with E-state index in [0.717, 1.165) is 13.1 Å². The molecule has 1 atom stereocenters. The van der Waals surface area contributed by atoms with Crippen LogP contribution in [0.2, 0.25) is 0 Å². The van der Waals surface area contributed by atoms with Gasteiger partial charge in [-0.15, -0.1) is 11.8 Å². The average Bonchev–Trinajstić information content (AvgIpc) is 2.83. The lowest BCUT2D eigenvalue weighted by molar-refractivity contribution is 0.661. The second-order valence-corrected chi connectivity index (χ2v) is 6.33. The van der Waals surface area contributed by atoms with Crippen LogP contribution in [0, 0.1) is 6.92 Å². The molecule has 1 aromatic heterocycles. The van der Waals surface area contributed by atoms with Gasteiger partial charge in [0, 0.05) is 35.6 Å². The highest BCUT2D eigenvalue weighted by atomic mass is 32.2. The summed E-state index contributed by atoms with van der Waals surface area (Å²) in [4.78, 5) is 5.63. The van der Waals surface area contributed by atoms with Gasteiger partial charge >= 0.3 is 0 Å². The summed E-state index contributed by atoms with van der Waals surface area (Å²) in [6, 6.07) is 10.8. The molecule has 2 aromatic rings. The summed E-state index contributed by atoms with van der Waals surface area (Å²) in [6.07, 6.45) is 4.99. The topological polar surface area (TPSA) is 24.9 Å². The van der Waals surface area contributed by atoms with Gasteiger partial charge in [-0.1, -0.05) is 18.2 Å². The van der Waals surface area contributed by atoms with E-state index in [-0.39, 0.29) is 0 Å². The van der Waals surface area contributed by atoms with Crippen molar-refractivity contribution in [2.24, 2.45) is 0 Å². The largest absolute Gasteiger partial charge is 0.311 e. The van der Waals surface area contributed by atoms with Crippen molar-refractivity contribution < 1.29 is 0 Å². The molecule has 2 nitrogen and oxygen atoms in total. The van der Waals surface area contributed by atoms with Crippen LogP contribution in [0.5, 0.6) is 0 Å². The zero-order chi connectivity index (χ0) is 13.1. The third-order valence-electron chi connectivity index (χ3n) is 3.55. The van der Waals surface area contributed by atoms with E-state index < -0.39 is 0 Å². The second-order valence-electron chi connectivity index (χ2n) is 4.98. The molecule has 19 heavy (non-hydrogen) atoms. The molecule has 1 unspecified atom stereocenters. The molecule has 0 aliphatic carbocycles. The maximum atomic E-state index is 4.18. The van der Waals surface area contributed by atoms with E-state index >= 15 is 0 Å². The SMILES string of the molecule is Cc1ccncc1CNCC1Cc2ccccc2S1. The van der Waals surface area contributed by atoms with Gasteiger partial charge in [-0.05, 0) is 42.2 Å². The second kappa shape index (κ2) is 5.76. The van der Waals surface area contributed by atoms with Crippen LogP contribution in [0.15, 0.2) is 47.6 Å². The minimum Gasteiger partial charge on any atom is -0.311 e. The number of fused-ring (bicyclic) bond motifs is 1. The van der Waals surface area contributed by atoms with Gasteiger partial charge < -0.3 is 5.32 Å². The Morgan fingerprint density at radius 2 is 2.21 bits per heavy atom. The molecule has 1 N–H and O–H groups in total. The van der Waals surface area contributed by atoms with Crippen LogP contribution in [0.4, 0.5) is 0 Å². The molecule has 98 valence electrons. The maximum absolute atomic E-state index is 4.18. The fraction of sp³-hybridized carbons (Fsp3) is 0.312. The van der Waals surface area contributed by atoms with E-state index in [4.69, 9.17) is 0 Å². The molecular weight excluding hydrogens is 252 g/mol. The van der Waals surface area contributed by atoms with E-state index in [1.54, 1.807) is 0 Å². The summed E-state index contributed by atoms with van der Waals surface area (Å²) < 4.78 is 0. The van der Waals surface area contributed by atoms with Crippen LogP contribution in [-0.4, -0.2) is 16.8 Å². The van der Waals surface area contributed by atoms with Crippen LogP contribution in [-0.2, 0) is 13.0 Å². The van der Waals surface area contributed by atoms with Crippen molar-refractivity contribution in [1.29, 1.82) is 0 Å². The molecule has 0 radical (unpaired) electrons. The maximum Gasteiger partial charge on any atom is 0.0315 e. The third kappa shape index (κ3) is 2.99. The Labute approximate surface area is 118 Å². The Kier molecular flexibility index (Phi) is 3.85. The number of thioether (sulfide) groups is 1. The number of nitrogens with one attached hydrogen (secondary N) is 1. The van der Waals surface area contributed by atoms with Gasteiger partial charge in [0.15, 0.2) is 0 Å². The van der Waals surface area contributed by atoms with Gasteiger partial charge in [-0.2, -0.15) is 0 Å². The van der Waals surface area contributed by atoms with Gasteiger partial charge in [0.05, 0.1) is 0 Å². The van der Waals surface area contributed by atoms with Crippen LogP contribution >= 0.6 is 11.8 Å². The molecule has 0 saturated heterocycles. The lowest BCUT2D eigenvalue weighted by atomic mass is 10.1. The van der Waals surface area contributed by atoms with E-state index in [1.807, 2.05) is 24.2 Å². The molecule has 3 rings (SSSR count). The summed E-state index contributed by atoms with van der Waals surface area (Å²) in [6.45, 7) is 4.10. The number of aryl methyl sites for hydroxylation is 1. The summed E-state index contributed by atoms with van der Waals surface area (Å²) in [5.74, 6) is 0. The quantitative estimate of drug-likeness (QED) is 0.923. The standard InChI is InChI=1S/C16H18N2S/c1-12-6-7-17-9-14(12)10-18-11-15-8-13-4-2-3-5-16(13)19-15/h2-7,9,15,18H,8,10-11H2,1H3. The monoisotopic (exact) mass is 270 g/mol. The van der Waals surface area contributed by atoms with Gasteiger partial charge in [-0.3, -0.25) is 4.98 Å². The van der Waals surface area contributed by atoms with Crippen molar-refractivity contribution in [2.45, 2.75) is 30.0 Å². The van der Waals surface area contributed by atoms with E-state index in [1.165, 1.54) is 28.0 Å². The molecule has 1 aliphatic heterocycles. The molecule has 1 aromatic carbocycles. The average molecular weight is 270 g/mol. The zero-order valence-corrected chi connectivity index (χ0v) is 11.9. The highest BCUT2D eigenvalue weighted by Gasteiger charge is 2.21. The Bertz CT molecular complexity index is 543. The summed E-state index contributed by atoms with van der Waals surface area (Å²) in [5, 5.41) is 4.22. The van der Waals surface area contributed by atoms with E-state index in [2.05, 4.69) is 47.6 Å². The predicted octanol–water partition coefficient (Wildman–Crippen LogP) is 3.20. The van der Waals surface area contributed by atoms with E-state index in [9.17, 15) is 0 Å². The van der Waals surface area contributed by atoms with Crippen LogP contribution < -0.4 is 5.32 Å². The van der Waals surface area contributed by atoms with Crippen molar-refractivity contribution in [3.8, 4) is 0 Å². The van der Waals surface area contributed by atoms with Crippen molar-refractivity contribution >= 4 is 11.8 Å². The van der Waals surface area contributed by atoms with Gasteiger partial charge in [0.2, 0.25) is 0 Å². The lowest BCUT2D eigenvalue weighted by Gasteiger charge is -2.11. The number of nitrogens with zero attached hydrogens (tertiary/aromatic N) is 1. The van der Waals surface area contributed by atoms with Crippen molar-refractivity contribution in [3.63, 3.8) is 0 Å². The smallest absolute Gasteiger partial charge is 0.0315 e. The molecular formula is C16H18N2S. The predicted molar refractivity (Wildman–Crippen MR) is 80.5 cm³/mol. The van der Waals surface area contributed by atoms with Crippen LogP contribution in [0.3, 0.4) is 0 Å². The first-order chi connectivity index (χ1) is 9.33. The summed E-state index contributed by atoms with van der Waals surface area (Å²) in [7, 11) is 0. The fourth-order valence-electron chi connectivity index (χ4n) is 2.42. The lowest BCUT2D eigenvalue weighted by Crippen LogP contribution is -2.24. The Morgan fingerprint density at radius 3 is 3.05 bits per heavy atom. The van der Waals surface area contributed by atoms with Crippen molar-refractivity contribution in [3.05, 3.63) is 59.4 Å². The first-order valence-electron chi connectivity index (χ1n) is 6.67. The fourth-order valence-corrected chi connectivity index (χ4v) is 3.70. The van der Waals surface area contributed by atoms with Gasteiger partial charge in [-0.25, -0.2) is 0 Å². The molecule has 0 saturated carbocycles. The minimum absolute atomic E-state index is 0.661. The Balaban J connectivity index is 1.51. The van der Waals surface area contributed by atoms with Gasteiger partial charge in [0.25, 0.3) is 0 Å². The normalized spacial score (nSPS) is 17.4. The van der Waals surface area contributed by atoms with Crippen molar-refractivity contribution in [2.75, 3.05) is 6.54 Å². The van der Waals surface area contributed by atoms with Crippen LogP contribution in [0.25, 0.3) is 0 Å². The number of hydrogen-bond donors (Lipinski definition) is 1. The first kappa shape index (κ1) is 12.7. The third-order valence-corrected chi connectivity index (χ3v) is 4.87. The summed E-state index contributed by atoms with van der Waals surface area (Å²) in [5.41, 5.74) is 4.10. The molecule has 0 bridgehead atoms. The zero-order valence-electron chi connectivity index (χ0n) is 11.1. The summed E-state index contributed by atoms with van der Waals surface area (Å²) >= 11 is 2.00. The number of aromatic nitrogens is 1. The molecule has 0 spiro atoms. The number of benzene rings is 1. The number of pyridine rings is 1. The van der Waals surface area contributed by atoms with E-state index in [0.29, 0.717) is 5.25 Å². The Morgan fingerprint density at radius 1 is 1.32 bits per heavy atom. The van der Waals surface area contributed by atoms with Crippen molar-refractivity contribution in [1.82, 2.24) is 10.3 Å². The molecule has 1 aliphatic rings. The van der Waals surface area contributed by atoms with Gasteiger partial charge in [0.1, 0.15) is 0 Å². The number of hydrogen-bond acceptors (Lipinski definition) is 3. The Hall–Kier alpha value is -1.32. The molecule has 0 amide bonds. The highest BCUT2D eigenvalue weighted by molar-refractivity contribution is 8.00. The highest BCUT2D eigenvalue weighted by Crippen LogP contribution is 2.36. The van der Waals surface area contributed by atoms with Crippen LogP contribution in [0.1, 0.15) is 16.7 Å². The molecule has 3 heteroatoms. The first-order valence-corrected chi connectivity index (χ1v) is 7.55. The number of rotatable bonds is 4. The molecule has 2 heterocycles. The minimum atomic E-state index is 0.661.